The number of nitrogens with one attached hydrogen (secondary N) is 2. The zero-order valence-electron chi connectivity index (χ0n) is 12.1. The molecule has 3 rings (SSSR count). The van der Waals surface area contributed by atoms with Gasteiger partial charge in [-0.2, -0.15) is 5.10 Å². The maximum Gasteiger partial charge on any atom is 0.279 e. The molecule has 0 aliphatic rings. The Balaban J connectivity index is 2.05. The van der Waals surface area contributed by atoms with Crippen LogP contribution in [0.25, 0.3) is 11.0 Å². The minimum Gasteiger partial charge on any atom is -0.308 e. The largest absolute Gasteiger partial charge is 0.308 e. The van der Waals surface area contributed by atoms with Crippen molar-refractivity contribution in [2.24, 2.45) is 0 Å². The first-order valence-electron chi connectivity index (χ1n) is 6.87. The molecule has 22 heavy (non-hydrogen) atoms. The van der Waals surface area contributed by atoms with Gasteiger partial charge in [0.15, 0.2) is 17.2 Å². The van der Waals surface area contributed by atoms with Gasteiger partial charge in [-0.25, -0.2) is 13.8 Å². The lowest BCUT2D eigenvalue weighted by Gasteiger charge is -2.04. The van der Waals surface area contributed by atoms with Gasteiger partial charge in [0.05, 0.1) is 5.69 Å². The summed E-state index contributed by atoms with van der Waals surface area (Å²) in [6.07, 6.45) is 0.199. The highest BCUT2D eigenvalue weighted by atomic mass is 19.2. The van der Waals surface area contributed by atoms with Gasteiger partial charge in [0.1, 0.15) is 11.3 Å². The normalized spacial score (nSPS) is 11.5. The van der Waals surface area contributed by atoms with Gasteiger partial charge in [-0.15, -0.1) is 0 Å². The van der Waals surface area contributed by atoms with Crippen molar-refractivity contribution in [3.05, 3.63) is 57.3 Å². The summed E-state index contributed by atoms with van der Waals surface area (Å²) in [4.78, 5) is 19.1. The van der Waals surface area contributed by atoms with E-state index in [9.17, 15) is 13.6 Å². The number of hydrogen-bond donors (Lipinski definition) is 2. The van der Waals surface area contributed by atoms with Gasteiger partial charge in [-0.05, 0) is 23.6 Å². The molecule has 2 heterocycles. The summed E-state index contributed by atoms with van der Waals surface area (Å²) >= 11 is 0. The van der Waals surface area contributed by atoms with Crippen molar-refractivity contribution in [3.8, 4) is 0 Å². The van der Waals surface area contributed by atoms with Crippen LogP contribution in [0.1, 0.15) is 36.8 Å². The lowest BCUT2D eigenvalue weighted by molar-refractivity contribution is 0.507. The van der Waals surface area contributed by atoms with Gasteiger partial charge < -0.3 is 4.98 Å². The summed E-state index contributed by atoms with van der Waals surface area (Å²) < 4.78 is 26.2. The maximum absolute atomic E-state index is 13.3. The minimum absolute atomic E-state index is 0.135. The number of benzene rings is 1. The molecule has 0 radical (unpaired) electrons. The molecule has 0 atom stereocenters. The van der Waals surface area contributed by atoms with E-state index in [-0.39, 0.29) is 23.4 Å². The summed E-state index contributed by atoms with van der Waals surface area (Å²) in [6, 6.07) is 3.61. The minimum atomic E-state index is -0.924. The quantitative estimate of drug-likeness (QED) is 0.781. The zero-order valence-corrected chi connectivity index (χ0v) is 12.1. The highest BCUT2D eigenvalue weighted by molar-refractivity contribution is 5.76. The van der Waals surface area contributed by atoms with Crippen LogP contribution in [0.4, 0.5) is 8.78 Å². The molecule has 0 amide bonds. The van der Waals surface area contributed by atoms with Crippen molar-refractivity contribution < 1.29 is 8.78 Å². The number of aromatic amines is 2. The Bertz CT molecular complexity index is 898. The van der Waals surface area contributed by atoms with Gasteiger partial charge in [-0.1, -0.05) is 19.9 Å². The molecule has 0 unspecified atom stereocenters. The fourth-order valence-corrected chi connectivity index (χ4v) is 2.30. The molecule has 1 aromatic carbocycles. The first kappa shape index (κ1) is 14.4. The second-order valence-electron chi connectivity index (χ2n) is 5.43. The fraction of sp³-hybridized carbons (Fsp3) is 0.267. The van der Waals surface area contributed by atoms with Crippen LogP contribution in [0.5, 0.6) is 0 Å². The van der Waals surface area contributed by atoms with Crippen molar-refractivity contribution in [3.63, 3.8) is 0 Å². The first-order chi connectivity index (χ1) is 10.5. The Morgan fingerprint density at radius 1 is 1.18 bits per heavy atom. The fourth-order valence-electron chi connectivity index (χ4n) is 2.30. The maximum atomic E-state index is 13.3. The van der Waals surface area contributed by atoms with Crippen LogP contribution in [0, 0.1) is 11.6 Å². The van der Waals surface area contributed by atoms with Gasteiger partial charge in [-0.3, -0.25) is 9.89 Å². The van der Waals surface area contributed by atoms with Gasteiger partial charge in [0, 0.05) is 6.42 Å². The Morgan fingerprint density at radius 3 is 2.64 bits per heavy atom. The monoisotopic (exact) mass is 304 g/mol. The number of rotatable bonds is 3. The Morgan fingerprint density at radius 2 is 1.95 bits per heavy atom. The highest BCUT2D eigenvalue weighted by Gasteiger charge is 2.15. The first-order valence-corrected chi connectivity index (χ1v) is 6.87. The van der Waals surface area contributed by atoms with Crippen LogP contribution in [0.15, 0.2) is 23.0 Å². The van der Waals surface area contributed by atoms with Crippen molar-refractivity contribution in [2.45, 2.75) is 26.2 Å². The van der Waals surface area contributed by atoms with E-state index in [4.69, 9.17) is 0 Å². The summed E-state index contributed by atoms with van der Waals surface area (Å²) in [5, 5.41) is 6.79. The topological polar surface area (TPSA) is 74.4 Å². The van der Waals surface area contributed by atoms with Gasteiger partial charge in [0.25, 0.3) is 5.56 Å². The Kier molecular flexibility index (Phi) is 3.48. The second-order valence-corrected chi connectivity index (χ2v) is 5.43. The number of nitrogens with zero attached hydrogens (tertiary/aromatic N) is 2. The molecular weight excluding hydrogens is 290 g/mol. The highest BCUT2D eigenvalue weighted by Crippen LogP contribution is 2.19. The van der Waals surface area contributed by atoms with E-state index in [1.807, 2.05) is 13.8 Å². The average molecular weight is 304 g/mol. The third-order valence-corrected chi connectivity index (χ3v) is 3.42. The number of aromatic nitrogens is 4. The summed E-state index contributed by atoms with van der Waals surface area (Å²) in [5.41, 5.74) is 1.70. The van der Waals surface area contributed by atoms with Crippen molar-refractivity contribution >= 4 is 11.0 Å². The summed E-state index contributed by atoms with van der Waals surface area (Å²) in [7, 11) is 0. The molecule has 7 heteroatoms. The second kappa shape index (κ2) is 5.32. The Hall–Kier alpha value is -2.57. The lowest BCUT2D eigenvalue weighted by atomic mass is 10.1. The zero-order chi connectivity index (χ0) is 15.9. The van der Waals surface area contributed by atoms with E-state index in [2.05, 4.69) is 20.2 Å². The van der Waals surface area contributed by atoms with Crippen LogP contribution in [-0.4, -0.2) is 20.2 Å². The lowest BCUT2D eigenvalue weighted by Crippen LogP contribution is -2.12. The van der Waals surface area contributed by atoms with Crippen molar-refractivity contribution in [1.82, 2.24) is 20.2 Å². The third kappa shape index (κ3) is 2.49. The number of fused-ring (bicyclic) bond motifs is 1. The summed E-state index contributed by atoms with van der Waals surface area (Å²) in [5.74, 6) is -1.31. The predicted molar refractivity (Wildman–Crippen MR) is 77.8 cm³/mol. The molecule has 0 aliphatic carbocycles. The van der Waals surface area contributed by atoms with Crippen LogP contribution in [0.3, 0.4) is 0 Å². The number of H-pyrrole nitrogens is 2. The molecule has 0 aliphatic heterocycles. The van der Waals surface area contributed by atoms with E-state index in [0.717, 1.165) is 17.8 Å². The van der Waals surface area contributed by atoms with E-state index in [0.29, 0.717) is 16.9 Å². The smallest absolute Gasteiger partial charge is 0.279 e. The standard InChI is InChI=1S/C15H14F2N4O/c1-7(2)12-13-14(21-20-12)15(22)19-11(18-13)6-8-3-4-9(16)10(17)5-8/h3-5,7H,6H2,1-2H3,(H,20,21)(H,18,19,22). The van der Waals surface area contributed by atoms with Crippen LogP contribution in [-0.2, 0) is 6.42 Å². The van der Waals surface area contributed by atoms with Crippen molar-refractivity contribution in [2.75, 3.05) is 0 Å². The molecule has 2 N–H and O–H groups in total. The molecule has 0 fully saturated rings. The van der Waals surface area contributed by atoms with E-state index in [1.165, 1.54) is 6.07 Å². The third-order valence-electron chi connectivity index (χ3n) is 3.42. The molecule has 2 aromatic heterocycles. The summed E-state index contributed by atoms with van der Waals surface area (Å²) in [6.45, 7) is 3.93. The van der Waals surface area contributed by atoms with E-state index < -0.39 is 11.6 Å². The Labute approximate surface area is 124 Å². The molecule has 5 nitrogen and oxygen atoms in total. The molecular formula is C15H14F2N4O. The average Bonchev–Trinajstić information content (AvgIpc) is 2.87. The molecule has 0 spiro atoms. The number of halogens is 2. The predicted octanol–water partition coefficient (Wildman–Crippen LogP) is 2.64. The van der Waals surface area contributed by atoms with Crippen LogP contribution >= 0.6 is 0 Å². The molecule has 0 bridgehead atoms. The van der Waals surface area contributed by atoms with Crippen molar-refractivity contribution in [1.29, 1.82) is 0 Å². The SMILES string of the molecule is CC(C)c1[nH]nc2c(=O)[nH]c(Cc3ccc(F)c(F)c3)nc12. The van der Waals surface area contributed by atoms with Crippen LogP contribution in [0.2, 0.25) is 0 Å². The molecule has 3 aromatic rings. The van der Waals surface area contributed by atoms with E-state index in [1.54, 1.807) is 0 Å². The van der Waals surface area contributed by atoms with Gasteiger partial charge in [0.2, 0.25) is 0 Å². The molecule has 0 saturated heterocycles. The number of hydrogen-bond acceptors (Lipinski definition) is 3. The molecule has 0 saturated carbocycles. The van der Waals surface area contributed by atoms with Crippen LogP contribution < -0.4 is 5.56 Å². The van der Waals surface area contributed by atoms with Gasteiger partial charge >= 0.3 is 0 Å². The van der Waals surface area contributed by atoms with E-state index >= 15 is 0 Å². The molecule has 114 valence electrons.